The number of nitrogens with two attached hydrogens (primary N) is 1. The molecule has 3 heterocycles. The number of pyridine rings is 1. The van der Waals surface area contributed by atoms with Gasteiger partial charge in [-0.25, -0.2) is 4.98 Å². The second-order valence-corrected chi connectivity index (χ2v) is 6.54. The third kappa shape index (κ3) is 2.88. The van der Waals surface area contributed by atoms with Gasteiger partial charge in [0.2, 0.25) is 0 Å². The maximum Gasteiger partial charge on any atom is 0.137 e. The highest BCUT2D eigenvalue weighted by molar-refractivity contribution is 5.67. The largest absolute Gasteiger partial charge is 0.398 e. The number of hydrogen-bond acceptors (Lipinski definition) is 4. The van der Waals surface area contributed by atoms with Crippen LogP contribution in [0.3, 0.4) is 0 Å². The lowest BCUT2D eigenvalue weighted by Crippen LogP contribution is -2.44. The average molecular weight is 321 g/mol. The Bertz CT molecular complexity index is 832. The van der Waals surface area contributed by atoms with Crippen molar-refractivity contribution in [3.05, 3.63) is 54.4 Å². The van der Waals surface area contributed by atoms with Gasteiger partial charge < -0.3 is 15.0 Å². The Hall–Kier alpha value is -2.37. The van der Waals surface area contributed by atoms with Gasteiger partial charge in [0, 0.05) is 50.2 Å². The number of anilines is 1. The summed E-state index contributed by atoms with van der Waals surface area (Å²) >= 11 is 0. The molecule has 2 N–H and O–H groups in total. The summed E-state index contributed by atoms with van der Waals surface area (Å²) in [7, 11) is 2.18. The molecule has 1 fully saturated rings. The summed E-state index contributed by atoms with van der Waals surface area (Å²) in [4.78, 5) is 9.75. The Kier molecular flexibility index (Phi) is 3.96. The molecule has 0 saturated carbocycles. The topological polar surface area (TPSA) is 49.8 Å². The molecule has 5 heteroatoms. The molecular formula is C19H23N5. The third-order valence-corrected chi connectivity index (χ3v) is 4.76. The van der Waals surface area contributed by atoms with Gasteiger partial charge in [-0.05, 0) is 19.2 Å². The minimum Gasteiger partial charge on any atom is -0.398 e. The van der Waals surface area contributed by atoms with Gasteiger partial charge in [-0.3, -0.25) is 4.90 Å². The van der Waals surface area contributed by atoms with Gasteiger partial charge >= 0.3 is 0 Å². The number of fused-ring (bicyclic) bond motifs is 1. The molecule has 0 atom stereocenters. The van der Waals surface area contributed by atoms with Gasteiger partial charge in [0.15, 0.2) is 0 Å². The number of hydrogen-bond donors (Lipinski definition) is 1. The fourth-order valence-electron chi connectivity index (χ4n) is 3.31. The normalized spacial score (nSPS) is 16.7. The summed E-state index contributed by atoms with van der Waals surface area (Å²) in [5.41, 5.74) is 11.2. The number of likely N-dealkylation sites (N-methyl/N-ethyl adjacent to an activating group) is 1. The molecule has 1 aliphatic rings. The van der Waals surface area contributed by atoms with Crippen molar-refractivity contribution in [1.29, 1.82) is 0 Å². The van der Waals surface area contributed by atoms with Crippen LogP contribution in [0.4, 0.5) is 5.69 Å². The van der Waals surface area contributed by atoms with E-state index in [0.29, 0.717) is 0 Å². The maximum atomic E-state index is 6.02. The Balaban J connectivity index is 1.77. The third-order valence-electron chi connectivity index (χ3n) is 4.76. The van der Waals surface area contributed by atoms with Crippen LogP contribution in [0.1, 0.15) is 5.69 Å². The molecule has 0 radical (unpaired) electrons. The molecule has 1 aromatic carbocycles. The van der Waals surface area contributed by atoms with Crippen molar-refractivity contribution in [2.75, 3.05) is 39.0 Å². The van der Waals surface area contributed by atoms with Crippen molar-refractivity contribution < 1.29 is 0 Å². The Morgan fingerprint density at radius 3 is 2.50 bits per heavy atom. The number of nitrogen functional groups attached to an aromatic ring is 1. The Labute approximate surface area is 142 Å². The minimum atomic E-state index is 0.763. The molecule has 0 bridgehead atoms. The van der Waals surface area contributed by atoms with E-state index < -0.39 is 0 Å². The molecule has 1 saturated heterocycles. The first-order chi connectivity index (χ1) is 11.7. The second-order valence-electron chi connectivity index (χ2n) is 6.54. The van der Waals surface area contributed by atoms with Crippen LogP contribution in [0.15, 0.2) is 48.7 Å². The SMILES string of the molecule is CN1CCN(Cc2c(-c3ccccc3)nc3ccc(N)cn23)CC1. The van der Waals surface area contributed by atoms with Crippen LogP contribution in [0.2, 0.25) is 0 Å². The Morgan fingerprint density at radius 2 is 1.75 bits per heavy atom. The minimum absolute atomic E-state index is 0.763. The standard InChI is InChI=1S/C19H23N5/c1-22-9-11-23(12-10-22)14-17-19(15-5-3-2-4-6-15)21-18-8-7-16(20)13-24(17)18/h2-8,13H,9-12,14,20H2,1H3. The summed E-state index contributed by atoms with van der Waals surface area (Å²) in [6.45, 7) is 5.28. The van der Waals surface area contributed by atoms with E-state index in [1.165, 1.54) is 5.69 Å². The van der Waals surface area contributed by atoms with Gasteiger partial charge in [-0.1, -0.05) is 30.3 Å². The molecule has 5 nitrogen and oxygen atoms in total. The van der Waals surface area contributed by atoms with Crippen LogP contribution in [0, 0.1) is 0 Å². The molecule has 0 amide bonds. The summed E-state index contributed by atoms with van der Waals surface area (Å²) in [5, 5.41) is 0. The highest BCUT2D eigenvalue weighted by Crippen LogP contribution is 2.26. The first-order valence-corrected chi connectivity index (χ1v) is 8.43. The van der Waals surface area contributed by atoms with Gasteiger partial charge in [0.05, 0.1) is 11.4 Å². The predicted octanol–water partition coefficient (Wildman–Crippen LogP) is 2.33. The molecule has 124 valence electrons. The molecule has 2 aromatic heterocycles. The van der Waals surface area contributed by atoms with Gasteiger partial charge in [0.25, 0.3) is 0 Å². The van der Waals surface area contributed by atoms with E-state index in [2.05, 4.69) is 45.5 Å². The molecule has 0 aliphatic carbocycles. The Morgan fingerprint density at radius 1 is 1.00 bits per heavy atom. The van der Waals surface area contributed by atoms with E-state index in [4.69, 9.17) is 10.7 Å². The van der Waals surface area contributed by atoms with E-state index in [1.54, 1.807) is 0 Å². The van der Waals surface area contributed by atoms with Gasteiger partial charge in [0.1, 0.15) is 5.65 Å². The number of imidazole rings is 1. The number of rotatable bonds is 3. The van der Waals surface area contributed by atoms with Crippen molar-refractivity contribution in [2.45, 2.75) is 6.54 Å². The maximum absolute atomic E-state index is 6.02. The molecule has 24 heavy (non-hydrogen) atoms. The monoisotopic (exact) mass is 321 g/mol. The zero-order chi connectivity index (χ0) is 16.5. The summed E-state index contributed by atoms with van der Waals surface area (Å²) in [6, 6.07) is 14.3. The molecule has 0 unspecified atom stereocenters. The molecular weight excluding hydrogens is 298 g/mol. The summed E-state index contributed by atoms with van der Waals surface area (Å²) < 4.78 is 2.15. The molecule has 1 aliphatic heterocycles. The smallest absolute Gasteiger partial charge is 0.137 e. The van der Waals surface area contributed by atoms with Crippen LogP contribution >= 0.6 is 0 Å². The van der Waals surface area contributed by atoms with E-state index in [9.17, 15) is 0 Å². The first-order valence-electron chi connectivity index (χ1n) is 8.43. The van der Waals surface area contributed by atoms with Crippen molar-refractivity contribution >= 4 is 11.3 Å². The zero-order valence-corrected chi connectivity index (χ0v) is 14.0. The lowest BCUT2D eigenvalue weighted by atomic mass is 10.1. The van der Waals surface area contributed by atoms with Crippen molar-refractivity contribution in [2.24, 2.45) is 0 Å². The van der Waals surface area contributed by atoms with Crippen LogP contribution in [-0.4, -0.2) is 52.4 Å². The van der Waals surface area contributed by atoms with Crippen molar-refractivity contribution in [3.8, 4) is 11.3 Å². The van der Waals surface area contributed by atoms with E-state index in [0.717, 1.165) is 55.3 Å². The van der Waals surface area contributed by atoms with Gasteiger partial charge in [-0.15, -0.1) is 0 Å². The average Bonchev–Trinajstić information content (AvgIpc) is 2.95. The molecule has 4 rings (SSSR count). The lowest BCUT2D eigenvalue weighted by Gasteiger charge is -2.32. The molecule has 0 spiro atoms. The highest BCUT2D eigenvalue weighted by Gasteiger charge is 2.20. The number of nitrogens with zero attached hydrogens (tertiary/aromatic N) is 4. The van der Waals surface area contributed by atoms with Crippen LogP contribution in [-0.2, 0) is 6.54 Å². The van der Waals surface area contributed by atoms with Crippen LogP contribution in [0.25, 0.3) is 16.9 Å². The highest BCUT2D eigenvalue weighted by atomic mass is 15.3. The van der Waals surface area contributed by atoms with Crippen molar-refractivity contribution in [3.63, 3.8) is 0 Å². The molecule has 3 aromatic rings. The summed E-state index contributed by atoms with van der Waals surface area (Å²) in [6.07, 6.45) is 1.99. The number of benzene rings is 1. The first kappa shape index (κ1) is 15.2. The predicted molar refractivity (Wildman–Crippen MR) is 97.8 cm³/mol. The number of aromatic nitrogens is 2. The van der Waals surface area contributed by atoms with E-state index in [-0.39, 0.29) is 0 Å². The quantitative estimate of drug-likeness (QED) is 0.804. The van der Waals surface area contributed by atoms with Crippen LogP contribution < -0.4 is 5.73 Å². The van der Waals surface area contributed by atoms with E-state index >= 15 is 0 Å². The van der Waals surface area contributed by atoms with Crippen molar-refractivity contribution in [1.82, 2.24) is 19.2 Å². The second kappa shape index (κ2) is 6.26. The van der Waals surface area contributed by atoms with E-state index in [1.807, 2.05) is 24.4 Å². The number of piperazine rings is 1. The fourth-order valence-corrected chi connectivity index (χ4v) is 3.31. The summed E-state index contributed by atoms with van der Waals surface area (Å²) in [5.74, 6) is 0. The van der Waals surface area contributed by atoms with Gasteiger partial charge in [-0.2, -0.15) is 0 Å². The fraction of sp³-hybridized carbons (Fsp3) is 0.316. The van der Waals surface area contributed by atoms with Crippen LogP contribution in [0.5, 0.6) is 0 Å². The lowest BCUT2D eigenvalue weighted by molar-refractivity contribution is 0.147. The zero-order valence-electron chi connectivity index (χ0n) is 14.0.